The molecule has 0 aromatic heterocycles. The van der Waals surface area contributed by atoms with Crippen LogP contribution in [0.25, 0.3) is 0 Å². The van der Waals surface area contributed by atoms with Crippen molar-refractivity contribution in [2.75, 3.05) is 0 Å². The molecule has 1 nitrogen and oxygen atoms in total. The fraction of sp³-hybridized carbons (Fsp3) is 0. The second kappa shape index (κ2) is 95.4. The van der Waals surface area contributed by atoms with Crippen LogP contribution in [0.15, 0.2) is 0 Å². The van der Waals surface area contributed by atoms with Gasteiger partial charge in [0.15, 0.2) is 0 Å². The Bertz CT molecular complexity index is 8.04. The van der Waals surface area contributed by atoms with Gasteiger partial charge in [0.05, 0.1) is 0 Å². The summed E-state index contributed by atoms with van der Waals surface area (Å²) in [6.07, 6.45) is 0. The predicted octanol–water partition coefficient (Wildman–Crippen LogP) is -14.6. The van der Waals surface area contributed by atoms with E-state index in [0.29, 0.717) is 0 Å². The van der Waals surface area contributed by atoms with Gasteiger partial charge >= 0.3 is 19.8 Å². The van der Waals surface area contributed by atoms with Crippen molar-refractivity contribution in [3.8, 4) is 0 Å². The fourth-order valence-electron chi connectivity index (χ4n) is 0. The largest absolute Gasteiger partial charge is 4.00 e. The first-order valence-electron chi connectivity index (χ1n) is 0. The Hall–Kier alpha value is 2.05. The summed E-state index contributed by atoms with van der Waals surface area (Å²) in [6.45, 7) is 0. The molecule has 0 amide bonds. The van der Waals surface area contributed by atoms with Crippen LogP contribution < -0.4 is 68.2 Å². The summed E-state index contributed by atoms with van der Waals surface area (Å²) in [6, 6.07) is 0. The van der Waals surface area contributed by atoms with E-state index < -0.39 is 0 Å². The van der Waals surface area contributed by atoms with E-state index in [0.717, 1.165) is 0 Å². The first-order valence-corrected chi connectivity index (χ1v) is 0. The minimum Gasteiger partial charge on any atom is -1.00 e. The van der Waals surface area contributed by atoms with E-state index in [1.165, 1.54) is 0 Å². The molecule has 0 radical (unpaired) electrons. The van der Waals surface area contributed by atoms with Crippen LogP contribution in [-0.2, 0) is 19.8 Å². The second-order valence-electron chi connectivity index (χ2n) is 0. The number of hydrogen-bond donors (Lipinski definition) is 1. The van der Waals surface area contributed by atoms with Crippen LogP contribution in [0.2, 0.25) is 0 Å². The summed E-state index contributed by atoms with van der Waals surface area (Å²) in [4.78, 5) is 0. The molecule has 7 heavy (non-hydrogen) atoms. The Morgan fingerprint density at radius 3 is 0.429 bits per heavy atom. The molecular weight excluding hydrogens is 382 g/mol. The third kappa shape index (κ3) is 70.2. The fourth-order valence-corrected chi connectivity index (χ4v) is 0. The molecular formula is H4Cl5NOs. The van der Waals surface area contributed by atoms with Gasteiger partial charge in [0.2, 0.25) is 0 Å². The number of quaternary nitrogens is 1. The van der Waals surface area contributed by atoms with Crippen molar-refractivity contribution in [1.29, 1.82) is 0 Å². The van der Waals surface area contributed by atoms with Crippen molar-refractivity contribution in [2.24, 2.45) is 0 Å². The molecule has 0 unspecified atom stereocenters. The van der Waals surface area contributed by atoms with Crippen LogP contribution in [-0.4, -0.2) is 0 Å². The molecule has 0 heterocycles. The maximum Gasteiger partial charge on any atom is 4.00 e. The Labute approximate surface area is 87.4 Å². The SMILES string of the molecule is [Cl-].[Cl-].[Cl-].[Cl-].[Cl-].[NH4+].[Os+4]. The van der Waals surface area contributed by atoms with Gasteiger partial charge in [0, 0.05) is 0 Å². The smallest absolute Gasteiger partial charge is 1.00 e. The molecule has 0 rings (SSSR count). The quantitative estimate of drug-likeness (QED) is 0.430. The van der Waals surface area contributed by atoms with Gasteiger partial charge in [-0.25, -0.2) is 0 Å². The van der Waals surface area contributed by atoms with Gasteiger partial charge in [0.25, 0.3) is 0 Å². The molecule has 7 heteroatoms. The Morgan fingerprint density at radius 2 is 0.429 bits per heavy atom. The first kappa shape index (κ1) is 140. The number of rotatable bonds is 0. The predicted molar refractivity (Wildman–Crippen MR) is 5.98 cm³/mol. The van der Waals surface area contributed by atoms with Crippen molar-refractivity contribution >= 4 is 0 Å². The van der Waals surface area contributed by atoms with Crippen LogP contribution in [0.3, 0.4) is 0 Å². The zero-order valence-electron chi connectivity index (χ0n) is 3.24. The molecule has 0 aliphatic heterocycles. The Balaban J connectivity index is 0. The molecule has 0 spiro atoms. The van der Waals surface area contributed by atoms with Crippen LogP contribution >= 0.6 is 0 Å². The van der Waals surface area contributed by atoms with Crippen molar-refractivity contribution in [3.05, 3.63) is 0 Å². The van der Waals surface area contributed by atoms with Crippen molar-refractivity contribution in [2.45, 2.75) is 0 Å². The summed E-state index contributed by atoms with van der Waals surface area (Å²) in [5, 5.41) is 0. The van der Waals surface area contributed by atoms with Gasteiger partial charge in [-0.3, -0.25) is 0 Å². The zero-order valence-corrected chi connectivity index (χ0v) is 9.56. The zero-order chi connectivity index (χ0) is 0. The molecule has 4 N–H and O–H groups in total. The Morgan fingerprint density at radius 1 is 0.429 bits per heavy atom. The maximum absolute atomic E-state index is 0. The third-order valence-corrected chi connectivity index (χ3v) is 0. The minimum absolute atomic E-state index is 0. The van der Waals surface area contributed by atoms with Crippen molar-refractivity contribution in [3.63, 3.8) is 0 Å². The van der Waals surface area contributed by atoms with Gasteiger partial charge < -0.3 is 68.2 Å². The minimum atomic E-state index is 0. The molecule has 0 aromatic carbocycles. The monoisotopic (exact) mass is 385 g/mol. The van der Waals surface area contributed by atoms with Crippen LogP contribution in [0.1, 0.15) is 0 Å². The van der Waals surface area contributed by atoms with Gasteiger partial charge in [-0.05, 0) is 0 Å². The van der Waals surface area contributed by atoms with Gasteiger partial charge in [-0.1, -0.05) is 0 Å². The summed E-state index contributed by atoms with van der Waals surface area (Å²) in [5.74, 6) is 0. The van der Waals surface area contributed by atoms with Crippen molar-refractivity contribution in [1.82, 2.24) is 6.15 Å². The van der Waals surface area contributed by atoms with Crippen molar-refractivity contribution < 1.29 is 81.8 Å². The summed E-state index contributed by atoms with van der Waals surface area (Å²) >= 11 is 0. The molecule has 0 fully saturated rings. The van der Waals surface area contributed by atoms with E-state index in [1.807, 2.05) is 0 Å². The van der Waals surface area contributed by atoms with E-state index >= 15 is 0 Å². The Kier molecular flexibility index (Phi) is 1910. The number of halogens is 5. The van der Waals surface area contributed by atoms with E-state index in [2.05, 4.69) is 0 Å². The van der Waals surface area contributed by atoms with E-state index in [-0.39, 0.29) is 88.0 Å². The van der Waals surface area contributed by atoms with E-state index in [1.54, 1.807) is 0 Å². The maximum atomic E-state index is 0. The van der Waals surface area contributed by atoms with Crippen LogP contribution in [0, 0.1) is 0 Å². The molecule has 52 valence electrons. The number of hydrogen-bond acceptors (Lipinski definition) is 0. The summed E-state index contributed by atoms with van der Waals surface area (Å²) in [7, 11) is 0. The van der Waals surface area contributed by atoms with Crippen LogP contribution in [0.4, 0.5) is 0 Å². The molecule has 0 aliphatic rings. The molecule has 0 aromatic rings. The molecule has 0 saturated heterocycles. The average molecular weight is 386 g/mol. The topological polar surface area (TPSA) is 36.5 Å². The van der Waals surface area contributed by atoms with E-state index in [9.17, 15) is 0 Å². The summed E-state index contributed by atoms with van der Waals surface area (Å²) < 4.78 is 0. The van der Waals surface area contributed by atoms with E-state index in [4.69, 9.17) is 0 Å². The van der Waals surface area contributed by atoms with Gasteiger partial charge in [-0.15, -0.1) is 0 Å². The second-order valence-corrected chi connectivity index (χ2v) is 0. The molecule has 0 bridgehead atoms. The van der Waals surface area contributed by atoms with Gasteiger partial charge in [0.1, 0.15) is 0 Å². The van der Waals surface area contributed by atoms with Crippen LogP contribution in [0.5, 0.6) is 0 Å². The van der Waals surface area contributed by atoms with Gasteiger partial charge in [-0.2, -0.15) is 0 Å². The summed E-state index contributed by atoms with van der Waals surface area (Å²) in [5.41, 5.74) is 0. The average Bonchev–Trinajstić information content (AvgIpc) is 0. The normalized spacial score (nSPS) is 0. The molecule has 0 atom stereocenters. The third-order valence-electron chi connectivity index (χ3n) is 0. The molecule has 0 saturated carbocycles. The molecule has 0 aliphatic carbocycles. The first-order chi connectivity index (χ1) is 0. The standard InChI is InChI=1S/5ClH.H3N.Os/h5*1H;1H3;/q;;;;;;+4/p-4.